The van der Waals surface area contributed by atoms with Crippen LogP contribution in [0.1, 0.15) is 16.1 Å². The largest absolute Gasteiger partial charge is 0.433 e. The van der Waals surface area contributed by atoms with Gasteiger partial charge in [-0.15, -0.1) is 0 Å². The quantitative estimate of drug-likeness (QED) is 0.512. The second-order valence-electron chi connectivity index (χ2n) is 6.20. The van der Waals surface area contributed by atoms with E-state index >= 15 is 0 Å². The molecule has 0 aliphatic heterocycles. The summed E-state index contributed by atoms with van der Waals surface area (Å²) in [6.45, 7) is -1.31. The number of nitrogens with one attached hydrogen (secondary N) is 1. The molecule has 6 nitrogen and oxygen atoms in total. The highest BCUT2D eigenvalue weighted by atomic mass is 19.3. The van der Waals surface area contributed by atoms with E-state index in [0.29, 0.717) is 16.8 Å². The number of carbonyl (C=O) groups excluding carboxylic acids is 1. The van der Waals surface area contributed by atoms with Crippen molar-refractivity contribution in [2.24, 2.45) is 0 Å². The normalized spacial score (nSPS) is 11.0. The van der Waals surface area contributed by atoms with Gasteiger partial charge >= 0.3 is 6.61 Å². The summed E-state index contributed by atoms with van der Waals surface area (Å²) < 4.78 is 35.1. The average Bonchev–Trinajstić information content (AvgIpc) is 3.10. The number of hydrogen-bond donors (Lipinski definition) is 1. The number of pyridine rings is 1. The summed E-state index contributed by atoms with van der Waals surface area (Å²) in [5.41, 5.74) is 2.41. The number of aromatic nitrogens is 2. The molecule has 0 aliphatic rings. The number of rotatable bonds is 5. The fourth-order valence-corrected chi connectivity index (χ4v) is 2.99. The molecular formula is C21H15F2N3O3. The van der Waals surface area contributed by atoms with Crippen molar-refractivity contribution in [1.29, 1.82) is 0 Å². The van der Waals surface area contributed by atoms with E-state index < -0.39 is 12.5 Å². The van der Waals surface area contributed by atoms with Gasteiger partial charge in [-0.05, 0) is 25.1 Å². The van der Waals surface area contributed by atoms with Gasteiger partial charge < -0.3 is 14.6 Å². The van der Waals surface area contributed by atoms with Crippen LogP contribution in [0.3, 0.4) is 0 Å². The van der Waals surface area contributed by atoms with Gasteiger partial charge in [0.25, 0.3) is 11.6 Å². The van der Waals surface area contributed by atoms with E-state index in [1.54, 1.807) is 19.1 Å². The monoisotopic (exact) mass is 395 g/mol. The Balaban J connectivity index is 1.77. The molecule has 0 atom stereocenters. The second-order valence-corrected chi connectivity index (χ2v) is 6.20. The fraction of sp³-hybridized carbons (Fsp3) is 0.0952. The second kappa shape index (κ2) is 7.67. The minimum atomic E-state index is -3.01. The van der Waals surface area contributed by atoms with Gasteiger partial charge in [-0.25, -0.2) is 4.98 Å². The number of alkyl halides is 2. The topological polar surface area (TPSA) is 77.2 Å². The first-order valence-corrected chi connectivity index (χ1v) is 8.70. The first-order valence-electron chi connectivity index (χ1n) is 8.70. The van der Waals surface area contributed by atoms with E-state index in [4.69, 9.17) is 4.52 Å². The van der Waals surface area contributed by atoms with E-state index in [9.17, 15) is 13.6 Å². The minimum Gasteiger partial charge on any atom is -0.433 e. The number of nitrogens with zero attached hydrogens (tertiary/aromatic N) is 2. The van der Waals surface area contributed by atoms with E-state index in [1.165, 1.54) is 18.2 Å². The van der Waals surface area contributed by atoms with Crippen LogP contribution in [0.2, 0.25) is 0 Å². The van der Waals surface area contributed by atoms with Crippen LogP contribution in [0, 0.1) is 6.92 Å². The molecule has 8 heteroatoms. The number of fused-ring (bicyclic) bond motifs is 1. The van der Waals surface area contributed by atoms with Crippen molar-refractivity contribution in [1.82, 2.24) is 10.1 Å². The Morgan fingerprint density at radius 3 is 2.59 bits per heavy atom. The summed E-state index contributed by atoms with van der Waals surface area (Å²) in [6.07, 6.45) is 0. The van der Waals surface area contributed by atoms with E-state index in [0.717, 1.165) is 5.56 Å². The van der Waals surface area contributed by atoms with Crippen molar-refractivity contribution in [3.05, 3.63) is 71.9 Å². The molecule has 2 aromatic carbocycles. The maximum atomic E-state index is 13.0. The van der Waals surface area contributed by atoms with Crippen LogP contribution in [0.25, 0.3) is 22.4 Å². The van der Waals surface area contributed by atoms with Crippen molar-refractivity contribution >= 4 is 22.7 Å². The van der Waals surface area contributed by atoms with Crippen LogP contribution < -0.4 is 10.1 Å². The molecule has 0 aliphatic carbocycles. The number of anilines is 1. The molecule has 0 saturated heterocycles. The fourth-order valence-electron chi connectivity index (χ4n) is 2.99. The summed E-state index contributed by atoms with van der Waals surface area (Å²) in [4.78, 5) is 17.5. The van der Waals surface area contributed by atoms with E-state index in [2.05, 4.69) is 20.2 Å². The highest BCUT2D eigenvalue weighted by Crippen LogP contribution is 2.30. The Labute approximate surface area is 164 Å². The zero-order valence-corrected chi connectivity index (χ0v) is 15.2. The molecule has 0 bridgehead atoms. The summed E-state index contributed by atoms with van der Waals surface area (Å²) in [6, 6.07) is 16.9. The third-order valence-corrected chi connectivity index (χ3v) is 4.28. The number of para-hydroxylation sites is 2. The van der Waals surface area contributed by atoms with Crippen LogP contribution in [-0.4, -0.2) is 22.7 Å². The predicted molar refractivity (Wildman–Crippen MR) is 103 cm³/mol. The highest BCUT2D eigenvalue weighted by molar-refractivity contribution is 6.13. The molecule has 146 valence electrons. The zero-order valence-electron chi connectivity index (χ0n) is 15.2. The van der Waals surface area contributed by atoms with Crippen LogP contribution in [0.15, 0.2) is 65.2 Å². The molecule has 2 aromatic heterocycles. The number of amides is 1. The van der Waals surface area contributed by atoms with Crippen LogP contribution >= 0.6 is 0 Å². The zero-order chi connectivity index (χ0) is 20.4. The lowest BCUT2D eigenvalue weighted by Crippen LogP contribution is -2.15. The Bertz CT molecular complexity index is 1180. The van der Waals surface area contributed by atoms with Gasteiger partial charge in [0, 0.05) is 5.56 Å². The Morgan fingerprint density at radius 1 is 1.10 bits per heavy atom. The smallest absolute Gasteiger partial charge is 0.387 e. The average molecular weight is 395 g/mol. The summed E-state index contributed by atoms with van der Waals surface area (Å²) >= 11 is 0. The minimum absolute atomic E-state index is 0.123. The van der Waals surface area contributed by atoms with Gasteiger partial charge in [0.1, 0.15) is 5.75 Å². The van der Waals surface area contributed by atoms with Crippen molar-refractivity contribution in [3.8, 4) is 17.0 Å². The molecule has 1 N–H and O–H groups in total. The summed E-state index contributed by atoms with van der Waals surface area (Å²) in [5, 5.41) is 6.97. The Morgan fingerprint density at radius 2 is 1.83 bits per heavy atom. The maximum absolute atomic E-state index is 13.0. The lowest BCUT2D eigenvalue weighted by Gasteiger charge is -2.12. The van der Waals surface area contributed by atoms with Crippen molar-refractivity contribution in [2.45, 2.75) is 13.5 Å². The van der Waals surface area contributed by atoms with Gasteiger partial charge in [0.2, 0.25) is 0 Å². The van der Waals surface area contributed by atoms with Gasteiger partial charge in [-0.1, -0.05) is 47.6 Å². The van der Waals surface area contributed by atoms with E-state index in [1.807, 2.05) is 30.3 Å². The van der Waals surface area contributed by atoms with Crippen LogP contribution in [-0.2, 0) is 0 Å². The molecule has 0 spiro atoms. The standard InChI is InChI=1S/C21H15F2N3O3/c1-12-18-14(19(27)24-15-9-5-6-10-17(15)28-21(22)23)11-16(25-20(18)29-26-12)13-7-3-2-4-8-13/h2-11,21H,1H3,(H,24,27). The molecule has 2 heterocycles. The number of carbonyl (C=O) groups is 1. The van der Waals surface area contributed by atoms with Crippen LogP contribution in [0.5, 0.6) is 5.75 Å². The molecule has 4 rings (SSSR count). The molecule has 4 aromatic rings. The van der Waals surface area contributed by atoms with Gasteiger partial charge in [0.05, 0.1) is 28.0 Å². The lowest BCUT2D eigenvalue weighted by molar-refractivity contribution is -0.0493. The first-order chi connectivity index (χ1) is 14.0. The molecule has 29 heavy (non-hydrogen) atoms. The molecule has 1 amide bonds. The molecular weight excluding hydrogens is 380 g/mol. The molecule has 0 saturated carbocycles. The number of aryl methyl sites for hydroxylation is 1. The highest BCUT2D eigenvalue weighted by Gasteiger charge is 2.21. The third-order valence-electron chi connectivity index (χ3n) is 4.28. The molecule has 0 unspecified atom stereocenters. The number of halogens is 2. The maximum Gasteiger partial charge on any atom is 0.387 e. The summed E-state index contributed by atoms with van der Waals surface area (Å²) in [7, 11) is 0. The van der Waals surface area contributed by atoms with Gasteiger partial charge in [0.15, 0.2) is 0 Å². The first kappa shape index (κ1) is 18.5. The number of benzene rings is 2. The SMILES string of the molecule is Cc1noc2nc(-c3ccccc3)cc(C(=O)Nc3ccccc3OC(F)F)c12. The Hall–Kier alpha value is -3.81. The lowest BCUT2D eigenvalue weighted by atomic mass is 10.0. The molecule has 0 fully saturated rings. The van der Waals surface area contributed by atoms with Gasteiger partial charge in [-0.3, -0.25) is 4.79 Å². The number of ether oxygens (including phenoxy) is 1. The van der Waals surface area contributed by atoms with E-state index in [-0.39, 0.29) is 22.7 Å². The van der Waals surface area contributed by atoms with Crippen molar-refractivity contribution in [2.75, 3.05) is 5.32 Å². The van der Waals surface area contributed by atoms with Crippen molar-refractivity contribution < 1.29 is 22.8 Å². The van der Waals surface area contributed by atoms with Gasteiger partial charge in [-0.2, -0.15) is 8.78 Å². The summed E-state index contributed by atoms with van der Waals surface area (Å²) in [5.74, 6) is -0.655. The Kier molecular flexibility index (Phi) is 4.90. The van der Waals surface area contributed by atoms with Crippen LogP contribution in [0.4, 0.5) is 14.5 Å². The number of hydrogen-bond acceptors (Lipinski definition) is 5. The predicted octanol–water partition coefficient (Wildman–Crippen LogP) is 5.05. The molecule has 0 radical (unpaired) electrons. The third kappa shape index (κ3) is 3.77. The van der Waals surface area contributed by atoms with Crippen molar-refractivity contribution in [3.63, 3.8) is 0 Å².